The third-order valence-electron chi connectivity index (χ3n) is 4.96. The first-order valence-electron chi connectivity index (χ1n) is 8.69. The number of aryl methyl sites for hydroxylation is 1. The van der Waals surface area contributed by atoms with Crippen molar-refractivity contribution in [1.82, 2.24) is 4.98 Å². The molecule has 5 N–H and O–H groups in total. The Balaban J connectivity index is 2.06. The molecule has 0 aliphatic heterocycles. The van der Waals surface area contributed by atoms with Crippen LogP contribution in [0.3, 0.4) is 0 Å². The Bertz CT molecular complexity index is 1280. The third kappa shape index (κ3) is 2.73. The number of fused-ring (bicyclic) bond motifs is 1. The van der Waals surface area contributed by atoms with Crippen molar-refractivity contribution in [2.75, 3.05) is 11.5 Å². The van der Waals surface area contributed by atoms with Crippen LogP contribution in [0.2, 0.25) is 0 Å². The fourth-order valence-electron chi connectivity index (χ4n) is 3.55. The molecule has 0 unspecified atom stereocenters. The zero-order valence-corrected chi connectivity index (χ0v) is 16.3. The Morgan fingerprint density at radius 3 is 2.61 bits per heavy atom. The molecule has 0 radical (unpaired) electrons. The number of benzene rings is 3. The van der Waals surface area contributed by atoms with Gasteiger partial charge < -0.3 is 16.6 Å². The summed E-state index contributed by atoms with van der Waals surface area (Å²) in [5.74, 6) is 0.196. The molecule has 0 fully saturated rings. The summed E-state index contributed by atoms with van der Waals surface area (Å²) in [5, 5.41) is 20.4. The van der Waals surface area contributed by atoms with Crippen LogP contribution in [0.25, 0.3) is 32.5 Å². The van der Waals surface area contributed by atoms with Gasteiger partial charge in [0.1, 0.15) is 11.8 Å². The number of nitrogens with zero attached hydrogens (tertiary/aromatic N) is 2. The fourth-order valence-corrected chi connectivity index (χ4v) is 4.42. The van der Waals surface area contributed by atoms with E-state index in [0.29, 0.717) is 16.4 Å². The SMILES string of the molecule is Cc1ccc(O)c(C)c1-c1cc(-c2cccc3nc(N)sc23)cc(C#N)c1N. The predicted molar refractivity (Wildman–Crippen MR) is 115 cm³/mol. The number of hydrogen-bond acceptors (Lipinski definition) is 6. The van der Waals surface area contributed by atoms with Crippen molar-refractivity contribution >= 4 is 32.4 Å². The lowest BCUT2D eigenvalue weighted by atomic mass is 9.89. The maximum atomic E-state index is 10.2. The van der Waals surface area contributed by atoms with E-state index in [1.165, 1.54) is 11.3 Å². The molecule has 138 valence electrons. The molecule has 0 amide bonds. The van der Waals surface area contributed by atoms with Crippen LogP contribution >= 0.6 is 11.3 Å². The Hall–Kier alpha value is -3.56. The molecule has 6 heteroatoms. The largest absolute Gasteiger partial charge is 0.508 e. The number of nitrogen functional groups attached to an aromatic ring is 2. The molecular formula is C22H18N4OS. The van der Waals surface area contributed by atoms with E-state index < -0.39 is 0 Å². The lowest BCUT2D eigenvalue weighted by molar-refractivity contribution is 0.471. The minimum atomic E-state index is 0.196. The van der Waals surface area contributed by atoms with Crippen molar-refractivity contribution in [1.29, 1.82) is 5.26 Å². The topological polar surface area (TPSA) is 109 Å². The van der Waals surface area contributed by atoms with E-state index in [9.17, 15) is 10.4 Å². The second kappa shape index (κ2) is 6.55. The molecule has 4 aromatic rings. The van der Waals surface area contributed by atoms with E-state index in [0.717, 1.165) is 43.6 Å². The molecule has 5 nitrogen and oxygen atoms in total. The summed E-state index contributed by atoms with van der Waals surface area (Å²) in [6.07, 6.45) is 0. The van der Waals surface area contributed by atoms with Crippen LogP contribution in [0.15, 0.2) is 42.5 Å². The molecule has 0 saturated carbocycles. The molecule has 3 aromatic carbocycles. The van der Waals surface area contributed by atoms with E-state index in [1.807, 2.05) is 44.2 Å². The van der Waals surface area contributed by atoms with Crippen LogP contribution in [0.5, 0.6) is 5.75 Å². The van der Waals surface area contributed by atoms with Gasteiger partial charge in [-0.25, -0.2) is 4.98 Å². The van der Waals surface area contributed by atoms with Crippen molar-refractivity contribution in [3.8, 4) is 34.1 Å². The summed E-state index contributed by atoms with van der Waals surface area (Å²) in [4.78, 5) is 4.35. The zero-order valence-electron chi connectivity index (χ0n) is 15.4. The highest BCUT2D eigenvalue weighted by Crippen LogP contribution is 2.41. The van der Waals surface area contributed by atoms with Gasteiger partial charge >= 0.3 is 0 Å². The highest BCUT2D eigenvalue weighted by molar-refractivity contribution is 7.22. The van der Waals surface area contributed by atoms with Crippen molar-refractivity contribution in [3.63, 3.8) is 0 Å². The molecule has 0 saturated heterocycles. The van der Waals surface area contributed by atoms with Gasteiger partial charge in [0.25, 0.3) is 0 Å². The van der Waals surface area contributed by atoms with E-state index in [2.05, 4.69) is 11.1 Å². The number of phenols is 1. The average Bonchev–Trinajstić information content (AvgIpc) is 3.06. The first-order chi connectivity index (χ1) is 13.4. The van der Waals surface area contributed by atoms with E-state index in [4.69, 9.17) is 11.5 Å². The summed E-state index contributed by atoms with van der Waals surface area (Å²) in [5.41, 5.74) is 18.9. The Morgan fingerprint density at radius 2 is 1.86 bits per heavy atom. The molecular weight excluding hydrogens is 368 g/mol. The number of rotatable bonds is 2. The van der Waals surface area contributed by atoms with Gasteiger partial charge in [-0.05, 0) is 60.4 Å². The van der Waals surface area contributed by atoms with Crippen molar-refractivity contribution in [3.05, 3.63) is 59.2 Å². The number of aromatic hydroxyl groups is 1. The van der Waals surface area contributed by atoms with Gasteiger partial charge in [0.05, 0.1) is 21.5 Å². The smallest absolute Gasteiger partial charge is 0.181 e. The fraction of sp³-hybridized carbons (Fsp3) is 0.0909. The lowest BCUT2D eigenvalue weighted by Gasteiger charge is -2.16. The van der Waals surface area contributed by atoms with Gasteiger partial charge in [-0.1, -0.05) is 29.5 Å². The minimum absolute atomic E-state index is 0.196. The second-order valence-electron chi connectivity index (χ2n) is 6.70. The Morgan fingerprint density at radius 1 is 1.07 bits per heavy atom. The van der Waals surface area contributed by atoms with Gasteiger partial charge in [0.2, 0.25) is 0 Å². The van der Waals surface area contributed by atoms with Crippen molar-refractivity contribution in [2.24, 2.45) is 0 Å². The lowest BCUT2D eigenvalue weighted by Crippen LogP contribution is -1.99. The maximum absolute atomic E-state index is 10.2. The van der Waals surface area contributed by atoms with Gasteiger partial charge in [-0.2, -0.15) is 5.26 Å². The van der Waals surface area contributed by atoms with E-state index in [1.54, 1.807) is 12.1 Å². The van der Waals surface area contributed by atoms with Crippen LogP contribution in [0.1, 0.15) is 16.7 Å². The zero-order chi connectivity index (χ0) is 20.0. The van der Waals surface area contributed by atoms with Crippen LogP contribution in [0.4, 0.5) is 10.8 Å². The highest BCUT2D eigenvalue weighted by atomic mass is 32.1. The van der Waals surface area contributed by atoms with Gasteiger partial charge in [0, 0.05) is 11.1 Å². The van der Waals surface area contributed by atoms with Crippen LogP contribution in [-0.4, -0.2) is 10.1 Å². The first-order valence-corrected chi connectivity index (χ1v) is 9.51. The molecule has 0 bridgehead atoms. The van der Waals surface area contributed by atoms with E-state index >= 15 is 0 Å². The molecule has 0 aliphatic carbocycles. The van der Waals surface area contributed by atoms with Crippen LogP contribution in [0, 0.1) is 25.2 Å². The quantitative estimate of drug-likeness (QED) is 0.421. The summed E-state index contributed by atoms with van der Waals surface area (Å²) in [6.45, 7) is 3.81. The van der Waals surface area contributed by atoms with Gasteiger partial charge in [-0.3, -0.25) is 0 Å². The maximum Gasteiger partial charge on any atom is 0.181 e. The number of nitrogens with two attached hydrogens (primary N) is 2. The number of aromatic nitrogens is 1. The molecule has 0 aliphatic rings. The van der Waals surface area contributed by atoms with Crippen LogP contribution in [-0.2, 0) is 0 Å². The number of phenolic OH excluding ortho intramolecular Hbond substituents is 1. The second-order valence-corrected chi connectivity index (χ2v) is 7.74. The minimum Gasteiger partial charge on any atom is -0.508 e. The Labute approximate surface area is 166 Å². The standard InChI is InChI=1S/C22H18N4OS/c1-11-6-7-18(27)12(2)19(11)16-9-13(8-14(10-23)20(16)24)15-4-3-5-17-21(15)28-22(25)26-17/h3-9,27H,24H2,1-2H3,(H2,25,26). The number of nitriles is 1. The number of hydrogen-bond donors (Lipinski definition) is 3. The molecule has 1 aromatic heterocycles. The van der Waals surface area contributed by atoms with Crippen molar-refractivity contribution in [2.45, 2.75) is 13.8 Å². The number of thiazole rings is 1. The molecule has 28 heavy (non-hydrogen) atoms. The third-order valence-corrected chi connectivity index (χ3v) is 5.89. The predicted octanol–water partition coefficient (Wildman–Crippen LogP) is 4.99. The molecule has 0 atom stereocenters. The first kappa shape index (κ1) is 17.8. The Kier molecular flexibility index (Phi) is 4.17. The molecule has 4 rings (SSSR count). The molecule has 0 spiro atoms. The number of anilines is 2. The van der Waals surface area contributed by atoms with Crippen LogP contribution < -0.4 is 11.5 Å². The van der Waals surface area contributed by atoms with E-state index in [-0.39, 0.29) is 5.75 Å². The molecule has 1 heterocycles. The highest BCUT2D eigenvalue weighted by Gasteiger charge is 2.18. The van der Waals surface area contributed by atoms with Gasteiger partial charge in [-0.15, -0.1) is 0 Å². The summed E-state index contributed by atoms with van der Waals surface area (Å²) in [6, 6.07) is 15.3. The monoisotopic (exact) mass is 386 g/mol. The summed E-state index contributed by atoms with van der Waals surface area (Å²) >= 11 is 1.41. The average molecular weight is 386 g/mol. The van der Waals surface area contributed by atoms with Crippen molar-refractivity contribution < 1.29 is 5.11 Å². The summed E-state index contributed by atoms with van der Waals surface area (Å²) in [7, 11) is 0. The normalized spacial score (nSPS) is 10.9. The summed E-state index contributed by atoms with van der Waals surface area (Å²) < 4.78 is 0.962. The van der Waals surface area contributed by atoms with Gasteiger partial charge in [0.15, 0.2) is 5.13 Å².